The van der Waals surface area contributed by atoms with Gasteiger partial charge in [0.15, 0.2) is 0 Å². The van der Waals surface area contributed by atoms with Gasteiger partial charge in [-0.3, -0.25) is 14.9 Å². The Bertz CT molecular complexity index is 742. The van der Waals surface area contributed by atoms with Gasteiger partial charge in [0, 0.05) is 23.7 Å². The summed E-state index contributed by atoms with van der Waals surface area (Å²) in [7, 11) is 0. The average molecular weight is 330 g/mol. The van der Waals surface area contributed by atoms with Crippen LogP contribution in [-0.4, -0.2) is 16.9 Å². The van der Waals surface area contributed by atoms with Crippen molar-refractivity contribution in [1.82, 2.24) is 5.32 Å². The van der Waals surface area contributed by atoms with Gasteiger partial charge in [-0.15, -0.1) is 0 Å². The first-order valence-corrected chi connectivity index (χ1v) is 7.50. The summed E-state index contributed by atoms with van der Waals surface area (Å²) >= 11 is 0. The first kappa shape index (κ1) is 15.9. The molecular weight excluding hydrogens is 315 g/mol. The Balaban J connectivity index is 1.81. The van der Waals surface area contributed by atoms with Crippen LogP contribution in [0.25, 0.3) is 0 Å². The van der Waals surface area contributed by atoms with Crippen molar-refractivity contribution >= 4 is 11.6 Å². The molecule has 6 nitrogen and oxygen atoms in total. The van der Waals surface area contributed by atoms with E-state index in [1.807, 2.05) is 0 Å². The molecule has 2 aromatic carbocycles. The highest BCUT2D eigenvalue weighted by atomic mass is 19.1. The van der Waals surface area contributed by atoms with Crippen molar-refractivity contribution in [2.75, 3.05) is 0 Å². The molecule has 1 aliphatic carbocycles. The lowest BCUT2D eigenvalue weighted by atomic mass is 10.1. The van der Waals surface area contributed by atoms with E-state index in [9.17, 15) is 19.3 Å². The molecule has 0 bridgehead atoms. The summed E-state index contributed by atoms with van der Waals surface area (Å²) in [4.78, 5) is 22.6. The van der Waals surface area contributed by atoms with Gasteiger partial charge in [0.1, 0.15) is 11.6 Å². The molecule has 1 atom stereocenters. The first-order valence-electron chi connectivity index (χ1n) is 7.50. The van der Waals surface area contributed by atoms with E-state index in [0.29, 0.717) is 11.3 Å². The highest BCUT2D eigenvalue weighted by Gasteiger charge is 2.29. The number of nitrogens with one attached hydrogen (secondary N) is 1. The summed E-state index contributed by atoms with van der Waals surface area (Å²) in [5.41, 5.74) is 0.441. The number of rotatable bonds is 6. The average Bonchev–Trinajstić information content (AvgIpc) is 3.38. The molecule has 1 N–H and O–H groups in total. The van der Waals surface area contributed by atoms with Gasteiger partial charge < -0.3 is 10.1 Å². The van der Waals surface area contributed by atoms with Crippen LogP contribution in [0.15, 0.2) is 48.5 Å². The summed E-state index contributed by atoms with van der Waals surface area (Å²) in [6, 6.07) is 11.1. The van der Waals surface area contributed by atoms with Crippen LogP contribution >= 0.6 is 0 Å². The lowest BCUT2D eigenvalue weighted by Gasteiger charge is -2.19. The molecule has 7 heteroatoms. The van der Waals surface area contributed by atoms with Crippen molar-refractivity contribution < 1.29 is 18.8 Å². The van der Waals surface area contributed by atoms with Crippen molar-refractivity contribution in [1.29, 1.82) is 0 Å². The van der Waals surface area contributed by atoms with Crippen molar-refractivity contribution in [3.8, 4) is 5.75 Å². The monoisotopic (exact) mass is 330 g/mol. The zero-order valence-electron chi connectivity index (χ0n) is 12.6. The van der Waals surface area contributed by atoms with Gasteiger partial charge in [0.2, 0.25) is 6.10 Å². The van der Waals surface area contributed by atoms with Crippen LogP contribution in [0.1, 0.15) is 24.5 Å². The third-order valence-corrected chi connectivity index (χ3v) is 3.64. The normalized spacial score (nSPS) is 14.7. The summed E-state index contributed by atoms with van der Waals surface area (Å²) < 4.78 is 18.8. The van der Waals surface area contributed by atoms with Gasteiger partial charge in [-0.1, -0.05) is 12.1 Å². The van der Waals surface area contributed by atoms with E-state index in [1.165, 1.54) is 48.5 Å². The fourth-order valence-corrected chi connectivity index (χ4v) is 2.20. The van der Waals surface area contributed by atoms with E-state index < -0.39 is 16.8 Å². The van der Waals surface area contributed by atoms with Crippen molar-refractivity contribution in [3.63, 3.8) is 0 Å². The predicted octanol–water partition coefficient (Wildman–Crippen LogP) is 3.13. The molecule has 0 spiro atoms. The number of ether oxygens (including phenoxy) is 1. The van der Waals surface area contributed by atoms with Crippen molar-refractivity contribution in [2.24, 2.45) is 0 Å². The van der Waals surface area contributed by atoms with E-state index in [4.69, 9.17) is 4.74 Å². The third-order valence-electron chi connectivity index (χ3n) is 3.64. The molecule has 0 saturated heterocycles. The zero-order chi connectivity index (χ0) is 17.1. The van der Waals surface area contributed by atoms with Crippen LogP contribution < -0.4 is 10.1 Å². The van der Waals surface area contributed by atoms with E-state index in [-0.39, 0.29) is 17.6 Å². The lowest BCUT2D eigenvalue weighted by molar-refractivity contribution is -0.384. The number of nitrogens with zero attached hydrogens (tertiary/aromatic N) is 1. The maximum Gasteiger partial charge on any atom is 0.269 e. The van der Waals surface area contributed by atoms with Crippen LogP contribution in [0.4, 0.5) is 10.1 Å². The third kappa shape index (κ3) is 3.87. The van der Waals surface area contributed by atoms with E-state index in [1.54, 1.807) is 0 Å². The van der Waals surface area contributed by atoms with Gasteiger partial charge in [0.25, 0.3) is 11.6 Å². The molecule has 1 amide bonds. The van der Waals surface area contributed by atoms with Crippen LogP contribution in [0.3, 0.4) is 0 Å². The number of hydrogen-bond donors (Lipinski definition) is 1. The molecule has 1 aliphatic rings. The molecule has 0 aromatic heterocycles. The Kier molecular flexibility index (Phi) is 4.41. The van der Waals surface area contributed by atoms with Crippen molar-refractivity contribution in [3.05, 3.63) is 70.0 Å². The molecule has 1 saturated carbocycles. The van der Waals surface area contributed by atoms with Gasteiger partial charge in [-0.2, -0.15) is 0 Å². The van der Waals surface area contributed by atoms with E-state index in [2.05, 4.69) is 5.32 Å². The topological polar surface area (TPSA) is 81.5 Å². The Morgan fingerprint density at radius 2 is 1.79 bits per heavy atom. The van der Waals surface area contributed by atoms with Crippen LogP contribution in [0, 0.1) is 15.9 Å². The summed E-state index contributed by atoms with van der Waals surface area (Å²) in [6.45, 7) is 0. The Hall–Kier alpha value is -2.96. The highest BCUT2D eigenvalue weighted by Crippen LogP contribution is 2.26. The summed E-state index contributed by atoms with van der Waals surface area (Å²) in [5.74, 6) is -0.404. The predicted molar refractivity (Wildman–Crippen MR) is 84.0 cm³/mol. The quantitative estimate of drug-likeness (QED) is 0.652. The van der Waals surface area contributed by atoms with Crippen LogP contribution in [0.2, 0.25) is 0 Å². The number of nitro benzene ring substituents is 1. The summed E-state index contributed by atoms with van der Waals surface area (Å²) in [6.07, 6.45) is 0.909. The Labute approximate surface area is 137 Å². The van der Waals surface area contributed by atoms with Gasteiger partial charge in [-0.05, 0) is 37.1 Å². The number of hydrogen-bond acceptors (Lipinski definition) is 4. The maximum atomic E-state index is 13.1. The molecule has 1 unspecified atom stereocenters. The number of amides is 1. The molecule has 124 valence electrons. The first-order chi connectivity index (χ1) is 11.5. The highest BCUT2D eigenvalue weighted by molar-refractivity contribution is 5.83. The number of carbonyl (C=O) groups is 1. The standard InChI is InChI=1S/C17H15FN2O4/c18-12-3-1-11(2-4-12)16(17(21)19-13-5-6-13)24-15-9-7-14(8-10-15)20(22)23/h1-4,7-10,13,16H,5-6H2,(H,19,21). The number of non-ortho nitro benzene ring substituents is 1. The van der Waals surface area contributed by atoms with Gasteiger partial charge in [-0.25, -0.2) is 4.39 Å². The van der Waals surface area contributed by atoms with E-state index >= 15 is 0 Å². The SMILES string of the molecule is O=C(NC1CC1)C(Oc1ccc([N+](=O)[O-])cc1)c1ccc(F)cc1. The molecule has 0 heterocycles. The number of halogens is 1. The largest absolute Gasteiger partial charge is 0.476 e. The molecule has 24 heavy (non-hydrogen) atoms. The lowest BCUT2D eigenvalue weighted by Crippen LogP contribution is -2.33. The van der Waals surface area contributed by atoms with Gasteiger partial charge in [0.05, 0.1) is 4.92 Å². The smallest absolute Gasteiger partial charge is 0.269 e. The van der Waals surface area contributed by atoms with Gasteiger partial charge >= 0.3 is 0 Å². The Morgan fingerprint density at radius 1 is 1.17 bits per heavy atom. The van der Waals surface area contributed by atoms with E-state index in [0.717, 1.165) is 12.8 Å². The second-order valence-corrected chi connectivity index (χ2v) is 5.58. The number of benzene rings is 2. The fraction of sp³-hybridized carbons (Fsp3) is 0.235. The minimum Gasteiger partial charge on any atom is -0.476 e. The molecule has 3 rings (SSSR count). The van der Waals surface area contributed by atoms with Crippen molar-refractivity contribution in [2.45, 2.75) is 25.0 Å². The van der Waals surface area contributed by atoms with Crippen LogP contribution in [0.5, 0.6) is 5.75 Å². The zero-order valence-corrected chi connectivity index (χ0v) is 12.6. The maximum absolute atomic E-state index is 13.1. The second-order valence-electron chi connectivity index (χ2n) is 5.58. The molecule has 0 aliphatic heterocycles. The minimum atomic E-state index is -0.951. The number of nitro groups is 1. The fourth-order valence-electron chi connectivity index (χ4n) is 2.20. The molecule has 2 aromatic rings. The Morgan fingerprint density at radius 3 is 2.33 bits per heavy atom. The second kappa shape index (κ2) is 6.66. The van der Waals surface area contributed by atoms with Crippen LogP contribution in [-0.2, 0) is 4.79 Å². The molecule has 1 fully saturated rings. The summed E-state index contributed by atoms with van der Waals surface area (Å²) in [5, 5.41) is 13.5. The molecule has 0 radical (unpaired) electrons. The molecular formula is C17H15FN2O4. The minimum absolute atomic E-state index is 0.0666. The number of carbonyl (C=O) groups excluding carboxylic acids is 1.